The highest BCUT2D eigenvalue weighted by Gasteiger charge is 2.21. The minimum Gasteiger partial charge on any atom is -0.383 e. The third kappa shape index (κ3) is 3.45. The number of aromatic nitrogens is 3. The third-order valence-electron chi connectivity index (χ3n) is 4.45. The second-order valence-corrected chi connectivity index (χ2v) is 8.85. The van der Waals surface area contributed by atoms with E-state index in [4.69, 9.17) is 28.9 Å². The Kier molecular flexibility index (Phi) is 5.05. The number of halogens is 3. The Balaban J connectivity index is 1.74. The van der Waals surface area contributed by atoms with Crippen molar-refractivity contribution in [1.82, 2.24) is 14.6 Å². The van der Waals surface area contributed by atoms with Crippen LogP contribution >= 0.6 is 23.2 Å². The zero-order valence-corrected chi connectivity index (χ0v) is 17.7. The average molecular weight is 466 g/mol. The van der Waals surface area contributed by atoms with Crippen molar-refractivity contribution in [1.29, 1.82) is 0 Å². The van der Waals surface area contributed by atoms with E-state index in [1.807, 2.05) is 0 Å². The molecule has 30 heavy (non-hydrogen) atoms. The van der Waals surface area contributed by atoms with E-state index < -0.39 is 15.8 Å². The van der Waals surface area contributed by atoms with Crippen LogP contribution in [0, 0.1) is 12.7 Å². The largest absolute Gasteiger partial charge is 0.383 e. The minimum absolute atomic E-state index is 0.0108. The van der Waals surface area contributed by atoms with Gasteiger partial charge in [-0.15, -0.1) is 0 Å². The maximum absolute atomic E-state index is 14.9. The van der Waals surface area contributed by atoms with E-state index in [0.29, 0.717) is 16.9 Å². The lowest BCUT2D eigenvalue weighted by molar-refractivity contribution is 0.601. The molecule has 0 bridgehead atoms. The highest BCUT2D eigenvalue weighted by atomic mass is 35.5. The minimum atomic E-state index is -4.08. The summed E-state index contributed by atoms with van der Waals surface area (Å²) in [5.41, 5.74) is 7.77. The Morgan fingerprint density at radius 3 is 2.67 bits per heavy atom. The predicted octanol–water partition coefficient (Wildman–Crippen LogP) is 4.53. The number of nitrogens with one attached hydrogen (secondary N) is 1. The first-order valence-corrected chi connectivity index (χ1v) is 10.8. The van der Waals surface area contributed by atoms with Crippen molar-refractivity contribution in [3.63, 3.8) is 0 Å². The number of hydrogen-bond acceptors (Lipinski definition) is 5. The molecule has 0 aliphatic rings. The Labute approximate surface area is 181 Å². The van der Waals surface area contributed by atoms with E-state index in [9.17, 15) is 12.8 Å². The SMILES string of the molecule is Cc1nc2ccnn2c(N)c1-c1ccc(NS(=O)(=O)c2cccc(Cl)c2Cl)cc1F. The first kappa shape index (κ1) is 20.4. The van der Waals surface area contributed by atoms with Crippen molar-refractivity contribution in [2.75, 3.05) is 10.5 Å². The molecule has 0 spiro atoms. The number of nitrogens with two attached hydrogens (primary N) is 1. The molecule has 0 aliphatic carbocycles. The molecule has 4 rings (SSSR count). The van der Waals surface area contributed by atoms with Gasteiger partial charge in [-0.1, -0.05) is 29.3 Å². The highest BCUT2D eigenvalue weighted by molar-refractivity contribution is 7.92. The fraction of sp³-hybridized carbons (Fsp3) is 0.0526. The molecule has 11 heteroatoms. The number of nitrogen functional groups attached to an aromatic ring is 1. The molecule has 0 fully saturated rings. The molecule has 0 atom stereocenters. The van der Waals surface area contributed by atoms with Crippen LogP contribution in [0.25, 0.3) is 16.8 Å². The smallest absolute Gasteiger partial charge is 0.263 e. The van der Waals surface area contributed by atoms with Gasteiger partial charge < -0.3 is 5.73 Å². The van der Waals surface area contributed by atoms with Crippen LogP contribution in [0.3, 0.4) is 0 Å². The number of sulfonamides is 1. The molecular formula is C19H14Cl2FN5O2S. The van der Waals surface area contributed by atoms with Gasteiger partial charge in [-0.3, -0.25) is 4.72 Å². The maximum atomic E-state index is 14.9. The average Bonchev–Trinajstić information content (AvgIpc) is 3.13. The number of aryl methyl sites for hydroxylation is 1. The molecule has 154 valence electrons. The molecule has 2 aromatic carbocycles. The Morgan fingerprint density at radius 2 is 1.93 bits per heavy atom. The van der Waals surface area contributed by atoms with Crippen LogP contribution in [0.2, 0.25) is 10.0 Å². The predicted molar refractivity (Wildman–Crippen MR) is 115 cm³/mol. The van der Waals surface area contributed by atoms with Crippen molar-refractivity contribution >= 4 is 50.4 Å². The molecule has 2 aromatic heterocycles. The number of hydrogen-bond donors (Lipinski definition) is 2. The summed E-state index contributed by atoms with van der Waals surface area (Å²) < 4.78 is 43.9. The van der Waals surface area contributed by atoms with Crippen molar-refractivity contribution in [3.8, 4) is 11.1 Å². The van der Waals surface area contributed by atoms with Crippen molar-refractivity contribution in [2.45, 2.75) is 11.8 Å². The summed E-state index contributed by atoms with van der Waals surface area (Å²) >= 11 is 11.9. The van der Waals surface area contributed by atoms with E-state index in [0.717, 1.165) is 6.07 Å². The normalized spacial score (nSPS) is 11.7. The van der Waals surface area contributed by atoms with Gasteiger partial charge in [0.2, 0.25) is 0 Å². The summed E-state index contributed by atoms with van der Waals surface area (Å²) in [5, 5.41) is 4.05. The van der Waals surface area contributed by atoms with Gasteiger partial charge in [-0.05, 0) is 37.3 Å². The van der Waals surface area contributed by atoms with Crippen LogP contribution in [-0.4, -0.2) is 23.0 Å². The van der Waals surface area contributed by atoms with Gasteiger partial charge in [-0.25, -0.2) is 17.8 Å². The highest BCUT2D eigenvalue weighted by Crippen LogP contribution is 2.34. The third-order valence-corrected chi connectivity index (χ3v) is 6.80. The standard InChI is InChI=1S/C19H14Cl2FN5O2S/c1-10-17(19(23)27-16(25-10)7-8-24-27)12-6-5-11(9-14(12)22)26-30(28,29)15-4-2-3-13(20)18(15)21/h2-9,26H,23H2,1H3. The lowest BCUT2D eigenvalue weighted by Crippen LogP contribution is -2.14. The molecule has 0 unspecified atom stereocenters. The van der Waals surface area contributed by atoms with Crippen molar-refractivity contribution < 1.29 is 12.8 Å². The molecule has 2 heterocycles. The fourth-order valence-electron chi connectivity index (χ4n) is 3.10. The molecule has 0 saturated carbocycles. The van der Waals surface area contributed by atoms with E-state index in [1.54, 1.807) is 13.0 Å². The van der Waals surface area contributed by atoms with Crippen LogP contribution in [0.15, 0.2) is 53.6 Å². The van der Waals surface area contributed by atoms with Gasteiger partial charge in [0.1, 0.15) is 16.5 Å². The molecule has 4 aromatic rings. The van der Waals surface area contributed by atoms with Crippen LogP contribution in [0.4, 0.5) is 15.9 Å². The van der Waals surface area contributed by atoms with E-state index in [2.05, 4.69) is 14.8 Å². The number of anilines is 2. The molecule has 0 aliphatic heterocycles. The van der Waals surface area contributed by atoms with Crippen LogP contribution in [-0.2, 0) is 10.0 Å². The fourth-order valence-corrected chi connectivity index (χ4v) is 4.91. The zero-order valence-electron chi connectivity index (χ0n) is 15.4. The summed E-state index contributed by atoms with van der Waals surface area (Å²) in [6.45, 7) is 1.70. The monoisotopic (exact) mass is 465 g/mol. The summed E-state index contributed by atoms with van der Waals surface area (Å²) in [5.74, 6) is -0.462. The second-order valence-electron chi connectivity index (χ2n) is 6.41. The Hall–Kier alpha value is -2.88. The quantitative estimate of drug-likeness (QED) is 0.460. The van der Waals surface area contributed by atoms with Gasteiger partial charge in [0.25, 0.3) is 10.0 Å². The van der Waals surface area contributed by atoms with Gasteiger partial charge in [0.05, 0.1) is 27.6 Å². The van der Waals surface area contributed by atoms with Crippen molar-refractivity contribution in [3.05, 3.63) is 70.2 Å². The second kappa shape index (κ2) is 7.42. The number of fused-ring (bicyclic) bond motifs is 1. The lowest BCUT2D eigenvalue weighted by atomic mass is 10.0. The number of benzene rings is 2. The van der Waals surface area contributed by atoms with Crippen LogP contribution in [0.5, 0.6) is 0 Å². The number of rotatable bonds is 4. The summed E-state index contributed by atoms with van der Waals surface area (Å²) in [4.78, 5) is 4.16. The zero-order chi connectivity index (χ0) is 21.6. The molecular weight excluding hydrogens is 452 g/mol. The molecule has 3 N–H and O–H groups in total. The Morgan fingerprint density at radius 1 is 1.17 bits per heavy atom. The van der Waals surface area contributed by atoms with E-state index in [1.165, 1.54) is 41.0 Å². The van der Waals surface area contributed by atoms with E-state index >= 15 is 0 Å². The summed E-state index contributed by atoms with van der Waals surface area (Å²) in [6.07, 6.45) is 1.54. The van der Waals surface area contributed by atoms with Gasteiger partial charge >= 0.3 is 0 Å². The van der Waals surface area contributed by atoms with Crippen LogP contribution < -0.4 is 10.5 Å². The molecule has 0 saturated heterocycles. The van der Waals surface area contributed by atoms with Crippen molar-refractivity contribution in [2.24, 2.45) is 0 Å². The summed E-state index contributed by atoms with van der Waals surface area (Å²) in [7, 11) is -4.08. The van der Waals surface area contributed by atoms with Gasteiger partial charge in [0, 0.05) is 17.2 Å². The maximum Gasteiger partial charge on any atom is 0.263 e. The van der Waals surface area contributed by atoms with Gasteiger partial charge in [0.15, 0.2) is 5.65 Å². The van der Waals surface area contributed by atoms with Gasteiger partial charge in [-0.2, -0.15) is 9.61 Å². The molecule has 7 nitrogen and oxygen atoms in total. The molecule has 0 amide bonds. The van der Waals surface area contributed by atoms with Crippen LogP contribution in [0.1, 0.15) is 5.69 Å². The Bertz CT molecular complexity index is 1410. The lowest BCUT2D eigenvalue weighted by Gasteiger charge is -2.14. The summed E-state index contributed by atoms with van der Waals surface area (Å²) in [6, 6.07) is 9.80. The number of nitrogens with zero attached hydrogens (tertiary/aromatic N) is 3. The molecule has 0 radical (unpaired) electrons. The topological polar surface area (TPSA) is 102 Å². The van der Waals surface area contributed by atoms with E-state index in [-0.39, 0.29) is 32.0 Å². The first-order valence-electron chi connectivity index (χ1n) is 8.55. The first-order chi connectivity index (χ1) is 14.2.